The van der Waals surface area contributed by atoms with Gasteiger partial charge in [0.25, 0.3) is 0 Å². The van der Waals surface area contributed by atoms with Crippen molar-refractivity contribution in [1.29, 1.82) is 0 Å². The lowest BCUT2D eigenvalue weighted by Crippen LogP contribution is -1.91. The molecule has 0 fully saturated rings. The fourth-order valence-corrected chi connectivity index (χ4v) is 1.24. The molecule has 0 aliphatic heterocycles. The van der Waals surface area contributed by atoms with Crippen molar-refractivity contribution in [2.75, 3.05) is 14.2 Å². The monoisotopic (exact) mass is 205 g/mol. The van der Waals surface area contributed by atoms with Crippen LogP contribution in [0.1, 0.15) is 0 Å². The Labute approximate surface area is 86.6 Å². The van der Waals surface area contributed by atoms with E-state index >= 15 is 0 Å². The molecule has 77 valence electrons. The van der Waals surface area contributed by atoms with E-state index in [0.29, 0.717) is 17.3 Å². The van der Waals surface area contributed by atoms with Crippen LogP contribution in [-0.4, -0.2) is 24.4 Å². The molecule has 0 saturated heterocycles. The number of hydrogen-bond acceptors (Lipinski definition) is 5. The summed E-state index contributed by atoms with van der Waals surface area (Å²) in [6.45, 7) is 0. The van der Waals surface area contributed by atoms with Gasteiger partial charge < -0.3 is 14.0 Å². The summed E-state index contributed by atoms with van der Waals surface area (Å²) in [7, 11) is 3.16. The summed E-state index contributed by atoms with van der Waals surface area (Å²) in [5.41, 5.74) is 0.789. The van der Waals surface area contributed by atoms with Gasteiger partial charge in [-0.15, -0.1) is 0 Å². The molecule has 5 nitrogen and oxygen atoms in total. The second kappa shape index (κ2) is 4.00. The number of nitrogens with zero attached hydrogens (tertiary/aromatic N) is 2. The van der Waals surface area contributed by atoms with E-state index < -0.39 is 0 Å². The first-order valence-corrected chi connectivity index (χ1v) is 4.27. The molecule has 0 N–H and O–H groups in total. The maximum atomic E-state index is 5.15. The summed E-state index contributed by atoms with van der Waals surface area (Å²) in [5, 5.41) is 3.68. The first-order chi connectivity index (χ1) is 7.35. The van der Waals surface area contributed by atoms with Crippen LogP contribution in [-0.2, 0) is 0 Å². The number of hydrogen-bond donors (Lipinski definition) is 0. The molecular formula is C10H9N2O3. The van der Waals surface area contributed by atoms with Crippen LogP contribution >= 0.6 is 0 Å². The Bertz CT molecular complexity index is 440. The first-order valence-electron chi connectivity index (χ1n) is 4.27. The fraction of sp³-hybridized carbons (Fsp3) is 0.200. The summed E-state index contributed by atoms with van der Waals surface area (Å²) in [4.78, 5) is 3.82. The van der Waals surface area contributed by atoms with Crippen molar-refractivity contribution in [3.8, 4) is 22.9 Å². The Morgan fingerprint density at radius 3 is 2.60 bits per heavy atom. The number of aromatic nitrogens is 2. The number of methoxy groups -OCH3 is 2. The Kier molecular flexibility index (Phi) is 2.53. The molecule has 1 aromatic carbocycles. The van der Waals surface area contributed by atoms with Gasteiger partial charge in [0.2, 0.25) is 5.82 Å². The second-order valence-electron chi connectivity index (χ2n) is 2.78. The van der Waals surface area contributed by atoms with Crippen molar-refractivity contribution in [2.24, 2.45) is 0 Å². The van der Waals surface area contributed by atoms with Crippen LogP contribution in [0, 0.1) is 6.39 Å². The van der Waals surface area contributed by atoms with E-state index in [1.54, 1.807) is 26.4 Å². The van der Waals surface area contributed by atoms with Crippen molar-refractivity contribution >= 4 is 0 Å². The number of benzene rings is 1. The normalized spacial score (nSPS) is 10.0. The quantitative estimate of drug-likeness (QED) is 0.760. The molecule has 0 saturated carbocycles. The fourth-order valence-electron chi connectivity index (χ4n) is 1.24. The third kappa shape index (κ3) is 1.76. The van der Waals surface area contributed by atoms with Crippen LogP contribution in [0.25, 0.3) is 11.4 Å². The average Bonchev–Trinajstić information content (AvgIpc) is 2.81. The summed E-state index contributed by atoms with van der Waals surface area (Å²) in [6.07, 6.45) is 2.29. The van der Waals surface area contributed by atoms with Gasteiger partial charge in [0, 0.05) is 5.56 Å². The van der Waals surface area contributed by atoms with Gasteiger partial charge in [-0.25, -0.2) is 0 Å². The minimum atomic E-state index is 0.468. The predicted molar refractivity (Wildman–Crippen MR) is 51.7 cm³/mol. The van der Waals surface area contributed by atoms with Crippen molar-refractivity contribution in [3.05, 3.63) is 24.6 Å². The van der Waals surface area contributed by atoms with Crippen molar-refractivity contribution < 1.29 is 14.0 Å². The zero-order valence-electron chi connectivity index (χ0n) is 8.35. The largest absolute Gasteiger partial charge is 0.493 e. The van der Waals surface area contributed by atoms with Crippen molar-refractivity contribution in [3.63, 3.8) is 0 Å². The Morgan fingerprint density at radius 1 is 1.20 bits per heavy atom. The molecule has 1 aromatic heterocycles. The van der Waals surface area contributed by atoms with Crippen LogP contribution in [0.5, 0.6) is 11.5 Å². The molecule has 0 aliphatic rings. The summed E-state index contributed by atoms with van der Waals surface area (Å²) in [6, 6.07) is 5.38. The highest BCUT2D eigenvalue weighted by atomic mass is 16.5. The highest BCUT2D eigenvalue weighted by Gasteiger charge is 2.08. The highest BCUT2D eigenvalue weighted by Crippen LogP contribution is 2.30. The molecule has 2 aromatic rings. The van der Waals surface area contributed by atoms with E-state index in [9.17, 15) is 0 Å². The second-order valence-corrected chi connectivity index (χ2v) is 2.78. The highest BCUT2D eigenvalue weighted by molar-refractivity contribution is 5.60. The lowest BCUT2D eigenvalue weighted by molar-refractivity contribution is 0.355. The summed E-state index contributed by atoms with van der Waals surface area (Å²) in [5.74, 6) is 1.75. The predicted octanol–water partition coefficient (Wildman–Crippen LogP) is 1.55. The molecule has 0 amide bonds. The van der Waals surface area contributed by atoms with E-state index in [2.05, 4.69) is 21.1 Å². The molecule has 0 atom stereocenters. The van der Waals surface area contributed by atoms with Gasteiger partial charge in [-0.1, -0.05) is 5.16 Å². The molecule has 0 unspecified atom stereocenters. The Morgan fingerprint density at radius 2 is 2.00 bits per heavy atom. The molecule has 15 heavy (non-hydrogen) atoms. The average molecular weight is 205 g/mol. The molecule has 2 rings (SSSR count). The maximum Gasteiger partial charge on any atom is 0.316 e. The maximum absolute atomic E-state index is 5.15. The topological polar surface area (TPSA) is 57.4 Å². The first kappa shape index (κ1) is 9.51. The van der Waals surface area contributed by atoms with Crippen LogP contribution in [0.15, 0.2) is 22.7 Å². The molecule has 0 aliphatic carbocycles. The summed E-state index contributed by atoms with van der Waals surface area (Å²) < 4.78 is 14.8. The lowest BCUT2D eigenvalue weighted by Gasteiger charge is -2.07. The van der Waals surface area contributed by atoms with Crippen molar-refractivity contribution in [1.82, 2.24) is 10.1 Å². The zero-order valence-corrected chi connectivity index (χ0v) is 8.35. The van der Waals surface area contributed by atoms with E-state index in [1.165, 1.54) is 0 Å². The minimum absolute atomic E-state index is 0.468. The minimum Gasteiger partial charge on any atom is -0.493 e. The smallest absolute Gasteiger partial charge is 0.316 e. The van der Waals surface area contributed by atoms with E-state index in [0.717, 1.165) is 5.56 Å². The van der Waals surface area contributed by atoms with Crippen molar-refractivity contribution in [2.45, 2.75) is 0 Å². The van der Waals surface area contributed by atoms with Gasteiger partial charge in [0.1, 0.15) is 0 Å². The van der Waals surface area contributed by atoms with Gasteiger partial charge in [0.15, 0.2) is 11.5 Å². The third-order valence-electron chi connectivity index (χ3n) is 1.97. The molecule has 5 heteroatoms. The molecule has 0 spiro atoms. The molecule has 1 radical (unpaired) electrons. The molecule has 0 bridgehead atoms. The van der Waals surface area contributed by atoms with E-state index in [1.807, 2.05) is 6.07 Å². The van der Waals surface area contributed by atoms with E-state index in [4.69, 9.17) is 9.47 Å². The number of ether oxygens (including phenoxy) is 2. The zero-order chi connectivity index (χ0) is 10.7. The summed E-state index contributed by atoms with van der Waals surface area (Å²) >= 11 is 0. The Balaban J connectivity index is 2.43. The Hall–Kier alpha value is -2.04. The molecule has 1 heterocycles. The van der Waals surface area contributed by atoms with E-state index in [-0.39, 0.29) is 0 Å². The SMILES string of the molecule is COc1ccc(-c2n[c]on2)cc1OC. The number of rotatable bonds is 3. The van der Waals surface area contributed by atoms with Gasteiger partial charge in [-0.05, 0) is 18.2 Å². The van der Waals surface area contributed by atoms with Gasteiger partial charge in [-0.2, -0.15) is 4.98 Å². The van der Waals surface area contributed by atoms with Gasteiger partial charge in [0.05, 0.1) is 14.2 Å². The van der Waals surface area contributed by atoms with Crippen LogP contribution < -0.4 is 9.47 Å². The van der Waals surface area contributed by atoms with Gasteiger partial charge >= 0.3 is 6.39 Å². The standard InChI is InChI=1S/C10H9N2O3/c1-13-8-4-3-7(5-9(8)14-2)10-11-6-15-12-10/h3-5H,1-2H3. The van der Waals surface area contributed by atoms with Crippen LogP contribution in [0.4, 0.5) is 0 Å². The third-order valence-corrected chi connectivity index (χ3v) is 1.97. The van der Waals surface area contributed by atoms with Crippen LogP contribution in [0.3, 0.4) is 0 Å². The van der Waals surface area contributed by atoms with Crippen LogP contribution in [0.2, 0.25) is 0 Å². The molecular weight excluding hydrogens is 196 g/mol. The van der Waals surface area contributed by atoms with Gasteiger partial charge in [-0.3, -0.25) is 0 Å². The lowest BCUT2D eigenvalue weighted by atomic mass is 10.2.